The molecule has 1 aromatic carbocycles. The van der Waals surface area contributed by atoms with E-state index in [1.807, 2.05) is 37.3 Å². The summed E-state index contributed by atoms with van der Waals surface area (Å²) in [5.41, 5.74) is 0.956. The first-order chi connectivity index (χ1) is 8.75. The third-order valence-electron chi connectivity index (χ3n) is 3.14. The summed E-state index contributed by atoms with van der Waals surface area (Å²) in [6, 6.07) is 9.79. The summed E-state index contributed by atoms with van der Waals surface area (Å²) >= 11 is 0. The molecule has 1 aliphatic heterocycles. The molecule has 19 heavy (non-hydrogen) atoms. The number of carbonyl (C=O) groups excluding carboxylic acids is 1. The van der Waals surface area contributed by atoms with E-state index in [1.165, 1.54) is 0 Å². The number of carbonyl (C=O) groups is 1. The molecule has 1 fully saturated rings. The van der Waals surface area contributed by atoms with E-state index in [1.54, 1.807) is 0 Å². The van der Waals surface area contributed by atoms with Crippen molar-refractivity contribution in [1.82, 2.24) is 5.32 Å². The summed E-state index contributed by atoms with van der Waals surface area (Å²) in [4.78, 5) is 11.8. The SMILES string of the molecule is CC(NC(=O)CNc1ccccc1)C1CCCO1.Cl. The summed E-state index contributed by atoms with van der Waals surface area (Å²) in [5, 5.41) is 6.05. The maximum absolute atomic E-state index is 11.8. The van der Waals surface area contributed by atoms with Gasteiger partial charge in [0.25, 0.3) is 0 Å². The fourth-order valence-electron chi connectivity index (χ4n) is 2.13. The highest BCUT2D eigenvalue weighted by Gasteiger charge is 2.23. The fraction of sp³-hybridized carbons (Fsp3) is 0.500. The van der Waals surface area contributed by atoms with Crippen molar-refractivity contribution in [3.63, 3.8) is 0 Å². The van der Waals surface area contributed by atoms with Gasteiger partial charge in [-0.25, -0.2) is 0 Å². The summed E-state index contributed by atoms with van der Waals surface area (Å²) in [7, 11) is 0. The van der Waals surface area contributed by atoms with Crippen LogP contribution in [0.2, 0.25) is 0 Å². The molecule has 0 radical (unpaired) electrons. The summed E-state index contributed by atoms with van der Waals surface area (Å²) in [5.74, 6) is 0.00172. The Morgan fingerprint density at radius 3 is 2.79 bits per heavy atom. The van der Waals surface area contributed by atoms with E-state index in [0.29, 0.717) is 6.54 Å². The van der Waals surface area contributed by atoms with Gasteiger partial charge >= 0.3 is 0 Å². The van der Waals surface area contributed by atoms with E-state index >= 15 is 0 Å². The Labute approximate surface area is 120 Å². The van der Waals surface area contributed by atoms with Gasteiger partial charge < -0.3 is 15.4 Å². The topological polar surface area (TPSA) is 50.4 Å². The number of nitrogens with one attached hydrogen (secondary N) is 2. The second-order valence-electron chi connectivity index (χ2n) is 4.63. The van der Waals surface area contributed by atoms with Crippen molar-refractivity contribution in [1.29, 1.82) is 0 Å². The van der Waals surface area contributed by atoms with Crippen molar-refractivity contribution in [3.8, 4) is 0 Å². The van der Waals surface area contributed by atoms with Crippen LogP contribution in [0.5, 0.6) is 0 Å². The molecule has 2 atom stereocenters. The summed E-state index contributed by atoms with van der Waals surface area (Å²) in [6.07, 6.45) is 2.30. The number of benzene rings is 1. The van der Waals surface area contributed by atoms with Gasteiger partial charge in [0.2, 0.25) is 5.91 Å². The van der Waals surface area contributed by atoms with E-state index in [-0.39, 0.29) is 30.5 Å². The monoisotopic (exact) mass is 284 g/mol. The summed E-state index contributed by atoms with van der Waals surface area (Å²) < 4.78 is 5.54. The van der Waals surface area contributed by atoms with Crippen molar-refractivity contribution in [2.45, 2.75) is 31.9 Å². The highest BCUT2D eigenvalue weighted by atomic mass is 35.5. The van der Waals surface area contributed by atoms with E-state index in [2.05, 4.69) is 10.6 Å². The second kappa shape index (κ2) is 8.02. The number of rotatable bonds is 5. The molecule has 4 nitrogen and oxygen atoms in total. The molecule has 2 N–H and O–H groups in total. The van der Waals surface area contributed by atoms with Crippen molar-refractivity contribution >= 4 is 24.0 Å². The van der Waals surface area contributed by atoms with E-state index in [9.17, 15) is 4.79 Å². The van der Waals surface area contributed by atoms with Crippen molar-refractivity contribution in [3.05, 3.63) is 30.3 Å². The molecule has 0 bridgehead atoms. The molecule has 1 heterocycles. The largest absolute Gasteiger partial charge is 0.376 e. The number of amides is 1. The highest BCUT2D eigenvalue weighted by molar-refractivity contribution is 5.85. The van der Waals surface area contributed by atoms with E-state index in [0.717, 1.165) is 25.1 Å². The number of ether oxygens (including phenoxy) is 1. The third kappa shape index (κ3) is 5.09. The first-order valence-electron chi connectivity index (χ1n) is 6.45. The first-order valence-corrected chi connectivity index (χ1v) is 6.45. The molecular formula is C14H21ClN2O2. The molecule has 106 valence electrons. The van der Waals surface area contributed by atoms with Gasteiger partial charge in [0, 0.05) is 12.3 Å². The molecule has 0 spiro atoms. The van der Waals surface area contributed by atoms with Crippen molar-refractivity contribution < 1.29 is 9.53 Å². The standard InChI is InChI=1S/C14H20N2O2.ClH/c1-11(13-8-5-9-18-13)16-14(17)10-15-12-6-3-2-4-7-12;/h2-4,6-7,11,13,15H,5,8-10H2,1H3,(H,16,17);1H. The van der Waals surface area contributed by atoms with Crippen LogP contribution in [0.15, 0.2) is 30.3 Å². The van der Waals surface area contributed by atoms with Crippen LogP contribution >= 0.6 is 12.4 Å². The Kier molecular flexibility index (Phi) is 6.67. The third-order valence-corrected chi connectivity index (χ3v) is 3.14. The minimum Gasteiger partial charge on any atom is -0.376 e. The normalized spacial score (nSPS) is 19.3. The van der Waals surface area contributed by atoms with E-state index < -0.39 is 0 Å². The smallest absolute Gasteiger partial charge is 0.239 e. The van der Waals surface area contributed by atoms with Gasteiger partial charge in [0.15, 0.2) is 0 Å². The van der Waals surface area contributed by atoms with Crippen molar-refractivity contribution in [2.75, 3.05) is 18.5 Å². The molecule has 0 saturated carbocycles. The quantitative estimate of drug-likeness (QED) is 0.872. The first kappa shape index (κ1) is 15.8. The Bertz CT molecular complexity index is 380. The Morgan fingerprint density at radius 1 is 1.42 bits per heavy atom. The maximum atomic E-state index is 11.8. The molecular weight excluding hydrogens is 264 g/mol. The van der Waals surface area contributed by atoms with Crippen LogP contribution in [0.25, 0.3) is 0 Å². The van der Waals surface area contributed by atoms with Crippen LogP contribution in [0.3, 0.4) is 0 Å². The highest BCUT2D eigenvalue weighted by Crippen LogP contribution is 2.15. The predicted octanol–water partition coefficient (Wildman–Crippen LogP) is 2.20. The fourth-order valence-corrected chi connectivity index (χ4v) is 2.13. The average molecular weight is 285 g/mol. The van der Waals surface area contributed by atoms with Gasteiger partial charge in [-0.2, -0.15) is 0 Å². The minimum atomic E-state index is 0. The Hall–Kier alpha value is -1.26. The molecule has 2 unspecified atom stereocenters. The number of hydrogen-bond acceptors (Lipinski definition) is 3. The molecule has 0 aliphatic carbocycles. The Balaban J connectivity index is 0.00000180. The number of para-hydroxylation sites is 1. The number of hydrogen-bond donors (Lipinski definition) is 2. The van der Waals surface area contributed by atoms with Crippen LogP contribution in [0.4, 0.5) is 5.69 Å². The van der Waals surface area contributed by atoms with Gasteiger partial charge in [0.05, 0.1) is 18.7 Å². The van der Waals surface area contributed by atoms with Crippen LogP contribution in [0.1, 0.15) is 19.8 Å². The lowest BCUT2D eigenvalue weighted by molar-refractivity contribution is -0.120. The molecule has 1 saturated heterocycles. The number of halogens is 1. The molecule has 0 aromatic heterocycles. The summed E-state index contributed by atoms with van der Waals surface area (Å²) in [6.45, 7) is 3.10. The van der Waals surface area contributed by atoms with Crippen LogP contribution in [-0.2, 0) is 9.53 Å². The van der Waals surface area contributed by atoms with Crippen LogP contribution in [-0.4, -0.2) is 31.2 Å². The van der Waals surface area contributed by atoms with Gasteiger partial charge in [-0.15, -0.1) is 12.4 Å². The van der Waals surface area contributed by atoms with Gasteiger partial charge in [-0.05, 0) is 31.9 Å². The zero-order valence-corrected chi connectivity index (χ0v) is 11.9. The lowest BCUT2D eigenvalue weighted by atomic mass is 10.1. The van der Waals surface area contributed by atoms with Gasteiger partial charge in [-0.1, -0.05) is 18.2 Å². The molecule has 1 amide bonds. The predicted molar refractivity (Wildman–Crippen MR) is 78.8 cm³/mol. The molecule has 1 aliphatic rings. The van der Waals surface area contributed by atoms with Gasteiger partial charge in [-0.3, -0.25) is 4.79 Å². The minimum absolute atomic E-state index is 0. The number of anilines is 1. The van der Waals surface area contributed by atoms with Crippen LogP contribution < -0.4 is 10.6 Å². The lowest BCUT2D eigenvalue weighted by Crippen LogP contribution is -2.43. The molecule has 2 rings (SSSR count). The second-order valence-corrected chi connectivity index (χ2v) is 4.63. The lowest BCUT2D eigenvalue weighted by Gasteiger charge is -2.20. The maximum Gasteiger partial charge on any atom is 0.239 e. The van der Waals surface area contributed by atoms with Gasteiger partial charge in [0.1, 0.15) is 0 Å². The Morgan fingerprint density at radius 2 is 2.16 bits per heavy atom. The molecule has 1 aromatic rings. The molecule has 5 heteroatoms. The zero-order chi connectivity index (χ0) is 12.8. The zero-order valence-electron chi connectivity index (χ0n) is 11.1. The van der Waals surface area contributed by atoms with Crippen molar-refractivity contribution in [2.24, 2.45) is 0 Å². The average Bonchev–Trinajstić information content (AvgIpc) is 2.91. The van der Waals surface area contributed by atoms with Crippen LogP contribution in [0, 0.1) is 0 Å². The van der Waals surface area contributed by atoms with E-state index in [4.69, 9.17) is 4.74 Å².